The summed E-state index contributed by atoms with van der Waals surface area (Å²) in [5.74, 6) is 0.831. The summed E-state index contributed by atoms with van der Waals surface area (Å²) in [6.45, 7) is 0.760. The van der Waals surface area contributed by atoms with Crippen LogP contribution in [0.4, 0.5) is 0 Å². The molecule has 2 aromatic carbocycles. The average Bonchev–Trinajstić information content (AvgIpc) is 3.31. The minimum atomic E-state index is -0.464. The van der Waals surface area contributed by atoms with Crippen LogP contribution in [-0.2, 0) is 11.2 Å². The van der Waals surface area contributed by atoms with Crippen molar-refractivity contribution in [1.29, 1.82) is 0 Å². The standard InChI is InChI=1S/C21H19ClN2O2S/c22-14-8-9-17-13(11-14)12-18(26-17)21(25)24-10-4-3-6-16(24)20-23-15-5-1-2-7-19(15)27-20/h1-2,5,7-9,11,16,18H,3-4,6,10,12H2/t16-,18+/m1/s1. The molecule has 0 bridgehead atoms. The van der Waals surface area contributed by atoms with E-state index in [0.717, 1.165) is 47.6 Å². The highest BCUT2D eigenvalue weighted by Crippen LogP contribution is 2.38. The highest BCUT2D eigenvalue weighted by molar-refractivity contribution is 7.18. The van der Waals surface area contributed by atoms with Crippen molar-refractivity contribution in [1.82, 2.24) is 9.88 Å². The van der Waals surface area contributed by atoms with Gasteiger partial charge in [0, 0.05) is 18.0 Å². The first kappa shape index (κ1) is 17.0. The highest BCUT2D eigenvalue weighted by atomic mass is 35.5. The number of carbonyl (C=O) groups is 1. The molecule has 0 radical (unpaired) electrons. The van der Waals surface area contributed by atoms with Crippen LogP contribution < -0.4 is 4.74 Å². The van der Waals surface area contributed by atoms with Crippen LogP contribution in [0.15, 0.2) is 42.5 Å². The van der Waals surface area contributed by atoms with Gasteiger partial charge in [-0.15, -0.1) is 11.3 Å². The minimum absolute atomic E-state index is 0.0413. The summed E-state index contributed by atoms with van der Waals surface area (Å²) in [5.41, 5.74) is 2.02. The number of benzene rings is 2. The molecule has 0 saturated carbocycles. The number of nitrogens with zero attached hydrogens (tertiary/aromatic N) is 2. The molecule has 3 heterocycles. The lowest BCUT2D eigenvalue weighted by Gasteiger charge is -2.35. The summed E-state index contributed by atoms with van der Waals surface area (Å²) in [5, 5.41) is 1.71. The third-order valence-corrected chi connectivity index (χ3v) is 6.73. The molecule has 0 spiro atoms. The number of fused-ring (bicyclic) bond motifs is 2. The molecule has 0 N–H and O–H groups in total. The fourth-order valence-corrected chi connectivity index (χ4v) is 5.33. The van der Waals surface area contributed by atoms with Crippen LogP contribution in [0.25, 0.3) is 10.2 Å². The molecule has 6 heteroatoms. The summed E-state index contributed by atoms with van der Waals surface area (Å²) in [7, 11) is 0. The molecule has 27 heavy (non-hydrogen) atoms. The average molecular weight is 399 g/mol. The smallest absolute Gasteiger partial charge is 0.264 e. The van der Waals surface area contributed by atoms with E-state index < -0.39 is 6.10 Å². The van der Waals surface area contributed by atoms with Gasteiger partial charge in [0.15, 0.2) is 6.10 Å². The summed E-state index contributed by atoms with van der Waals surface area (Å²) in [6, 6.07) is 13.7. The molecular formula is C21H19ClN2O2S. The fourth-order valence-electron chi connectivity index (χ4n) is 4.02. The van der Waals surface area contributed by atoms with Crippen molar-refractivity contribution in [2.75, 3.05) is 6.54 Å². The zero-order valence-electron chi connectivity index (χ0n) is 14.7. The third kappa shape index (κ3) is 3.09. The lowest BCUT2D eigenvalue weighted by atomic mass is 10.0. The Morgan fingerprint density at radius 3 is 3.00 bits per heavy atom. The molecule has 1 fully saturated rings. The number of para-hydroxylation sites is 1. The molecule has 138 valence electrons. The molecule has 1 saturated heterocycles. The third-order valence-electron chi connectivity index (χ3n) is 5.35. The highest BCUT2D eigenvalue weighted by Gasteiger charge is 2.38. The number of likely N-dealkylation sites (tertiary alicyclic amines) is 1. The van der Waals surface area contributed by atoms with Gasteiger partial charge < -0.3 is 9.64 Å². The number of carbonyl (C=O) groups excluding carboxylic acids is 1. The van der Waals surface area contributed by atoms with E-state index in [1.807, 2.05) is 35.2 Å². The van der Waals surface area contributed by atoms with E-state index in [9.17, 15) is 4.79 Å². The summed E-state index contributed by atoms with van der Waals surface area (Å²) >= 11 is 7.78. The monoisotopic (exact) mass is 398 g/mol. The maximum atomic E-state index is 13.3. The molecule has 5 rings (SSSR count). The van der Waals surface area contributed by atoms with Gasteiger partial charge in [-0.25, -0.2) is 4.98 Å². The van der Waals surface area contributed by atoms with Crippen molar-refractivity contribution in [2.45, 2.75) is 37.8 Å². The number of ether oxygens (including phenoxy) is 1. The van der Waals surface area contributed by atoms with Gasteiger partial charge >= 0.3 is 0 Å². The Morgan fingerprint density at radius 2 is 2.11 bits per heavy atom. The molecule has 2 atom stereocenters. The summed E-state index contributed by atoms with van der Waals surface area (Å²) < 4.78 is 7.12. The Kier molecular flexibility index (Phi) is 4.29. The second-order valence-corrected chi connectivity index (χ2v) is 8.62. The van der Waals surface area contributed by atoms with Crippen molar-refractivity contribution >= 4 is 39.1 Å². The van der Waals surface area contributed by atoms with Gasteiger partial charge in [-0.3, -0.25) is 4.79 Å². The van der Waals surface area contributed by atoms with E-state index in [2.05, 4.69) is 6.07 Å². The molecule has 2 aliphatic rings. The van der Waals surface area contributed by atoms with Crippen LogP contribution in [0.1, 0.15) is 35.9 Å². The minimum Gasteiger partial charge on any atom is -0.480 e. The first-order valence-electron chi connectivity index (χ1n) is 9.30. The van der Waals surface area contributed by atoms with E-state index in [-0.39, 0.29) is 11.9 Å². The maximum Gasteiger partial charge on any atom is 0.264 e. The number of hydrogen-bond acceptors (Lipinski definition) is 4. The fraction of sp³-hybridized carbons (Fsp3) is 0.333. The SMILES string of the molecule is O=C([C@@H]1Cc2cc(Cl)ccc2O1)N1CCCC[C@@H]1c1nc2ccccc2s1. The van der Waals surface area contributed by atoms with Gasteiger partial charge in [-0.2, -0.15) is 0 Å². The maximum absolute atomic E-state index is 13.3. The van der Waals surface area contributed by atoms with Crippen LogP contribution in [0.3, 0.4) is 0 Å². The predicted octanol–water partition coefficient (Wildman–Crippen LogP) is 5.01. The van der Waals surface area contributed by atoms with Crippen molar-refractivity contribution in [2.24, 2.45) is 0 Å². The predicted molar refractivity (Wildman–Crippen MR) is 107 cm³/mol. The molecule has 3 aromatic rings. The number of piperidine rings is 1. The van der Waals surface area contributed by atoms with Crippen molar-refractivity contribution < 1.29 is 9.53 Å². The van der Waals surface area contributed by atoms with Crippen LogP contribution in [0.5, 0.6) is 5.75 Å². The quantitative estimate of drug-likeness (QED) is 0.609. The van der Waals surface area contributed by atoms with E-state index in [1.54, 1.807) is 17.4 Å². The van der Waals surface area contributed by atoms with Gasteiger partial charge in [-0.1, -0.05) is 23.7 Å². The largest absolute Gasteiger partial charge is 0.480 e. The molecule has 2 aliphatic heterocycles. The Bertz CT molecular complexity index is 985. The van der Waals surface area contributed by atoms with Crippen LogP contribution >= 0.6 is 22.9 Å². The number of rotatable bonds is 2. The molecule has 0 aliphatic carbocycles. The summed E-state index contributed by atoms with van der Waals surface area (Å²) in [6.07, 6.45) is 3.22. The number of thiazole rings is 1. The first-order valence-corrected chi connectivity index (χ1v) is 10.5. The van der Waals surface area contributed by atoms with Gasteiger partial charge in [0.2, 0.25) is 0 Å². The number of amides is 1. The first-order chi connectivity index (χ1) is 13.2. The van der Waals surface area contributed by atoms with E-state index in [1.165, 1.54) is 4.70 Å². The van der Waals surface area contributed by atoms with Crippen LogP contribution in [0, 0.1) is 0 Å². The second-order valence-electron chi connectivity index (χ2n) is 7.13. The normalized spacial score (nSPS) is 21.9. The molecule has 4 nitrogen and oxygen atoms in total. The second kappa shape index (κ2) is 6.80. The number of hydrogen-bond donors (Lipinski definition) is 0. The Morgan fingerprint density at radius 1 is 1.22 bits per heavy atom. The zero-order valence-corrected chi connectivity index (χ0v) is 16.3. The van der Waals surface area contributed by atoms with Crippen molar-refractivity contribution in [3.05, 3.63) is 58.1 Å². The zero-order chi connectivity index (χ0) is 18.4. The number of halogens is 1. The molecule has 0 unspecified atom stereocenters. The van der Waals surface area contributed by atoms with E-state index in [4.69, 9.17) is 21.3 Å². The molecular weight excluding hydrogens is 380 g/mol. The lowest BCUT2D eigenvalue weighted by molar-refractivity contribution is -0.142. The number of aromatic nitrogens is 1. The Labute approximate surface area is 166 Å². The van der Waals surface area contributed by atoms with Crippen LogP contribution in [0.2, 0.25) is 5.02 Å². The van der Waals surface area contributed by atoms with Gasteiger partial charge in [0.05, 0.1) is 16.3 Å². The topological polar surface area (TPSA) is 42.4 Å². The van der Waals surface area contributed by atoms with Crippen molar-refractivity contribution in [3.63, 3.8) is 0 Å². The van der Waals surface area contributed by atoms with E-state index in [0.29, 0.717) is 11.4 Å². The van der Waals surface area contributed by atoms with Gasteiger partial charge in [-0.05, 0) is 55.2 Å². The summed E-state index contributed by atoms with van der Waals surface area (Å²) in [4.78, 5) is 20.1. The Balaban J connectivity index is 1.41. The lowest BCUT2D eigenvalue weighted by Crippen LogP contribution is -2.45. The van der Waals surface area contributed by atoms with Crippen LogP contribution in [-0.4, -0.2) is 28.4 Å². The molecule has 1 aromatic heterocycles. The van der Waals surface area contributed by atoms with Crippen molar-refractivity contribution in [3.8, 4) is 5.75 Å². The Hall–Kier alpha value is -2.11. The molecule has 1 amide bonds. The van der Waals surface area contributed by atoms with Gasteiger partial charge in [0.25, 0.3) is 5.91 Å². The van der Waals surface area contributed by atoms with Gasteiger partial charge in [0.1, 0.15) is 10.8 Å². The van der Waals surface area contributed by atoms with E-state index >= 15 is 0 Å².